The normalized spacial score (nSPS) is 20.3. The maximum absolute atomic E-state index is 12.8. The Hall–Kier alpha value is -2.82. The van der Waals surface area contributed by atoms with Crippen molar-refractivity contribution >= 4 is 11.9 Å². The molecule has 0 aromatic carbocycles. The summed E-state index contributed by atoms with van der Waals surface area (Å²) in [7, 11) is 0. The van der Waals surface area contributed by atoms with E-state index in [4.69, 9.17) is 9.72 Å². The first-order chi connectivity index (χ1) is 15.1. The first-order valence-corrected chi connectivity index (χ1v) is 11.0. The number of tetrazole rings is 1. The van der Waals surface area contributed by atoms with Gasteiger partial charge < -0.3 is 14.5 Å². The number of H-pyrrole nitrogens is 1. The molecule has 1 spiro atoms. The fraction of sp³-hybridized carbons (Fsp3) is 0.700. The van der Waals surface area contributed by atoms with Crippen LogP contribution in [0.1, 0.15) is 42.8 Å². The maximum atomic E-state index is 12.8. The molecule has 0 atom stereocenters. The van der Waals surface area contributed by atoms with Gasteiger partial charge in [0.05, 0.1) is 25.5 Å². The summed E-state index contributed by atoms with van der Waals surface area (Å²) in [6.45, 7) is 6.45. The summed E-state index contributed by atoms with van der Waals surface area (Å²) in [5.74, 6) is 1.49. The van der Waals surface area contributed by atoms with Crippen molar-refractivity contribution in [1.82, 2.24) is 35.1 Å². The van der Waals surface area contributed by atoms with Crippen molar-refractivity contribution < 1.29 is 9.53 Å². The van der Waals surface area contributed by atoms with E-state index in [-0.39, 0.29) is 16.9 Å². The van der Waals surface area contributed by atoms with Gasteiger partial charge in [0, 0.05) is 43.6 Å². The van der Waals surface area contributed by atoms with Crippen LogP contribution in [-0.4, -0.2) is 80.4 Å². The SMILES string of the molecule is Cc1nnnn1CCC(=O)N1CCC2(CCc3c2nc(N2CCOCC2)[nH]c3=O)CC1. The monoisotopic (exact) mass is 428 g/mol. The molecule has 0 saturated carbocycles. The van der Waals surface area contributed by atoms with Crippen LogP contribution in [0.5, 0.6) is 0 Å². The first-order valence-electron chi connectivity index (χ1n) is 11.0. The lowest BCUT2D eigenvalue weighted by Crippen LogP contribution is -2.45. The van der Waals surface area contributed by atoms with E-state index in [1.165, 1.54) is 0 Å². The lowest BCUT2D eigenvalue weighted by Gasteiger charge is -2.39. The molecule has 0 unspecified atom stereocenters. The van der Waals surface area contributed by atoms with Crippen molar-refractivity contribution in [2.75, 3.05) is 44.3 Å². The number of fused-ring (bicyclic) bond motifs is 2. The second kappa shape index (κ2) is 8.03. The number of aromatic amines is 1. The van der Waals surface area contributed by atoms with E-state index in [9.17, 15) is 9.59 Å². The summed E-state index contributed by atoms with van der Waals surface area (Å²) >= 11 is 0. The average molecular weight is 428 g/mol. The molecule has 3 aliphatic rings. The maximum Gasteiger partial charge on any atom is 0.255 e. The van der Waals surface area contributed by atoms with Gasteiger partial charge in [0.25, 0.3) is 5.56 Å². The van der Waals surface area contributed by atoms with E-state index >= 15 is 0 Å². The molecule has 5 rings (SSSR count). The van der Waals surface area contributed by atoms with E-state index in [1.807, 2.05) is 11.8 Å². The number of amides is 1. The first kappa shape index (κ1) is 20.1. The van der Waals surface area contributed by atoms with Crippen molar-refractivity contribution in [3.8, 4) is 0 Å². The third kappa shape index (κ3) is 3.71. The van der Waals surface area contributed by atoms with Crippen LogP contribution >= 0.6 is 0 Å². The molecule has 2 fully saturated rings. The number of nitrogens with one attached hydrogen (secondary N) is 1. The Bertz CT molecular complexity index is 1020. The lowest BCUT2D eigenvalue weighted by atomic mass is 9.76. The van der Waals surface area contributed by atoms with E-state index < -0.39 is 0 Å². The summed E-state index contributed by atoms with van der Waals surface area (Å²) in [6, 6.07) is 0. The van der Waals surface area contributed by atoms with Crippen molar-refractivity contribution in [2.45, 2.75) is 51.0 Å². The van der Waals surface area contributed by atoms with Gasteiger partial charge in [-0.25, -0.2) is 9.67 Å². The van der Waals surface area contributed by atoms with Gasteiger partial charge in [-0.15, -0.1) is 5.10 Å². The number of carbonyl (C=O) groups excluding carboxylic acids is 1. The molecular formula is C20H28N8O3. The minimum atomic E-state index is -0.103. The van der Waals surface area contributed by atoms with Crippen LogP contribution in [0.15, 0.2) is 4.79 Å². The van der Waals surface area contributed by atoms with Gasteiger partial charge in [-0.2, -0.15) is 0 Å². The number of rotatable bonds is 4. The van der Waals surface area contributed by atoms with Gasteiger partial charge in [0.2, 0.25) is 11.9 Å². The molecule has 1 aliphatic carbocycles. The minimum Gasteiger partial charge on any atom is -0.378 e. The smallest absolute Gasteiger partial charge is 0.255 e. The molecule has 2 aromatic rings. The summed E-state index contributed by atoms with van der Waals surface area (Å²) in [4.78, 5) is 37.4. The Labute approximate surface area is 179 Å². The van der Waals surface area contributed by atoms with Crippen molar-refractivity contribution in [3.63, 3.8) is 0 Å². The molecule has 2 aromatic heterocycles. The topological polar surface area (TPSA) is 122 Å². The van der Waals surface area contributed by atoms with Crippen molar-refractivity contribution in [1.29, 1.82) is 0 Å². The molecule has 0 bridgehead atoms. The Morgan fingerprint density at radius 1 is 1.16 bits per heavy atom. The van der Waals surface area contributed by atoms with Crippen LogP contribution in [0.4, 0.5) is 5.95 Å². The lowest BCUT2D eigenvalue weighted by molar-refractivity contribution is -0.133. The van der Waals surface area contributed by atoms with Crippen molar-refractivity contribution in [3.05, 3.63) is 27.4 Å². The molecule has 1 N–H and O–H groups in total. The fourth-order valence-corrected chi connectivity index (χ4v) is 5.05. The van der Waals surface area contributed by atoms with Crippen LogP contribution in [0.25, 0.3) is 0 Å². The van der Waals surface area contributed by atoms with E-state index in [1.54, 1.807) is 4.68 Å². The van der Waals surface area contributed by atoms with E-state index in [0.717, 1.165) is 50.0 Å². The predicted octanol–water partition coefficient (Wildman–Crippen LogP) is -0.202. The molecule has 31 heavy (non-hydrogen) atoms. The Morgan fingerprint density at radius 3 is 2.65 bits per heavy atom. The van der Waals surface area contributed by atoms with Crippen LogP contribution in [0.3, 0.4) is 0 Å². The number of hydrogen-bond acceptors (Lipinski definition) is 8. The predicted molar refractivity (Wildman–Crippen MR) is 111 cm³/mol. The summed E-state index contributed by atoms with van der Waals surface area (Å²) in [5.41, 5.74) is 1.66. The second-order valence-electron chi connectivity index (χ2n) is 8.68. The van der Waals surface area contributed by atoms with E-state index in [2.05, 4.69) is 25.4 Å². The van der Waals surface area contributed by atoms with Crippen molar-refractivity contribution in [2.24, 2.45) is 0 Å². The van der Waals surface area contributed by atoms with E-state index in [0.29, 0.717) is 51.0 Å². The third-order valence-corrected chi connectivity index (χ3v) is 6.99. The Kier molecular flexibility index (Phi) is 5.20. The largest absolute Gasteiger partial charge is 0.378 e. The summed E-state index contributed by atoms with van der Waals surface area (Å²) in [5, 5.41) is 11.4. The van der Waals surface area contributed by atoms with Crippen LogP contribution in [-0.2, 0) is 27.9 Å². The number of carbonyl (C=O) groups is 1. The number of hydrogen-bond donors (Lipinski definition) is 1. The summed E-state index contributed by atoms with van der Waals surface area (Å²) in [6.07, 6.45) is 3.75. The number of morpholine rings is 1. The zero-order valence-corrected chi connectivity index (χ0v) is 17.8. The standard InChI is InChI=1S/C20H28N8O3/c1-14-23-24-25-28(14)7-3-16(29)26-8-5-20(6-9-26)4-2-15-17(20)21-19(22-18(15)30)27-10-12-31-13-11-27/h2-13H2,1H3,(H,21,22,30). The molecule has 4 heterocycles. The molecule has 11 heteroatoms. The second-order valence-corrected chi connectivity index (χ2v) is 8.68. The highest BCUT2D eigenvalue weighted by atomic mass is 16.5. The van der Waals surface area contributed by atoms with Crippen LogP contribution < -0.4 is 10.5 Å². The molecule has 1 amide bonds. The van der Waals surface area contributed by atoms with Gasteiger partial charge in [-0.1, -0.05) is 0 Å². The van der Waals surface area contributed by atoms with Gasteiger partial charge in [0.1, 0.15) is 5.82 Å². The highest BCUT2D eigenvalue weighted by Crippen LogP contribution is 2.44. The Balaban J connectivity index is 1.28. The fourth-order valence-electron chi connectivity index (χ4n) is 5.05. The summed E-state index contributed by atoms with van der Waals surface area (Å²) < 4.78 is 7.08. The highest BCUT2D eigenvalue weighted by Gasteiger charge is 2.44. The number of piperidine rings is 1. The van der Waals surface area contributed by atoms with Crippen LogP contribution in [0.2, 0.25) is 0 Å². The number of anilines is 1. The minimum absolute atomic E-state index is 0.0151. The molecule has 0 radical (unpaired) electrons. The Morgan fingerprint density at radius 2 is 1.94 bits per heavy atom. The molecular weight excluding hydrogens is 400 g/mol. The highest BCUT2D eigenvalue weighted by molar-refractivity contribution is 5.76. The molecule has 11 nitrogen and oxygen atoms in total. The number of aromatic nitrogens is 6. The number of nitrogens with zero attached hydrogens (tertiary/aromatic N) is 7. The number of ether oxygens (including phenoxy) is 1. The zero-order chi connectivity index (χ0) is 21.4. The quantitative estimate of drug-likeness (QED) is 0.710. The van der Waals surface area contributed by atoms with Crippen LogP contribution in [0, 0.1) is 6.92 Å². The van der Waals surface area contributed by atoms with Gasteiger partial charge >= 0.3 is 0 Å². The van der Waals surface area contributed by atoms with Gasteiger partial charge in [-0.05, 0) is 43.0 Å². The molecule has 166 valence electrons. The number of likely N-dealkylation sites (tertiary alicyclic amines) is 1. The van der Waals surface area contributed by atoms with Gasteiger partial charge in [0.15, 0.2) is 0 Å². The average Bonchev–Trinajstić information content (AvgIpc) is 3.37. The molecule has 2 saturated heterocycles. The number of aryl methyl sites for hydroxylation is 2. The zero-order valence-electron chi connectivity index (χ0n) is 17.8. The molecule has 2 aliphatic heterocycles. The van der Waals surface area contributed by atoms with Gasteiger partial charge in [-0.3, -0.25) is 14.6 Å². The third-order valence-electron chi connectivity index (χ3n) is 6.99.